The van der Waals surface area contributed by atoms with E-state index in [1.54, 1.807) is 6.20 Å². The van der Waals surface area contributed by atoms with Crippen molar-refractivity contribution in [1.29, 1.82) is 0 Å². The predicted molar refractivity (Wildman–Crippen MR) is 69.6 cm³/mol. The van der Waals surface area contributed by atoms with Gasteiger partial charge in [-0.1, -0.05) is 6.92 Å². The Labute approximate surface area is 101 Å². The smallest absolute Gasteiger partial charge is 0.131 e. The summed E-state index contributed by atoms with van der Waals surface area (Å²) in [4.78, 5) is 4.13. The molecule has 0 atom stereocenters. The highest BCUT2D eigenvalue weighted by atomic mass is 15.3. The molecule has 0 amide bonds. The quantitative estimate of drug-likeness (QED) is 0.881. The molecule has 17 heavy (non-hydrogen) atoms. The Morgan fingerprint density at radius 2 is 2.12 bits per heavy atom. The van der Waals surface area contributed by atoms with E-state index >= 15 is 0 Å². The molecule has 2 N–H and O–H groups in total. The number of aryl methyl sites for hydroxylation is 2. The van der Waals surface area contributed by atoms with Gasteiger partial charge in [0.1, 0.15) is 5.82 Å². The van der Waals surface area contributed by atoms with Gasteiger partial charge in [0.05, 0.1) is 5.69 Å². The fourth-order valence-corrected chi connectivity index (χ4v) is 2.15. The lowest BCUT2D eigenvalue weighted by molar-refractivity contribution is 0.583. The summed E-state index contributed by atoms with van der Waals surface area (Å²) >= 11 is 0. The summed E-state index contributed by atoms with van der Waals surface area (Å²) in [6.45, 7) is 7.18. The van der Waals surface area contributed by atoms with Gasteiger partial charge in [-0.05, 0) is 32.4 Å². The third-order valence-corrected chi connectivity index (χ3v) is 2.92. The van der Waals surface area contributed by atoms with Crippen LogP contribution in [-0.4, -0.2) is 14.8 Å². The Hall–Kier alpha value is -1.84. The summed E-state index contributed by atoms with van der Waals surface area (Å²) in [5.74, 6) is 0.565. The Morgan fingerprint density at radius 1 is 1.35 bits per heavy atom. The van der Waals surface area contributed by atoms with Gasteiger partial charge in [0, 0.05) is 29.6 Å². The van der Waals surface area contributed by atoms with E-state index < -0.39 is 0 Å². The number of nitrogens with zero attached hydrogens (tertiary/aromatic N) is 3. The molecule has 0 radical (unpaired) electrons. The number of hydrogen-bond donors (Lipinski definition) is 1. The van der Waals surface area contributed by atoms with Crippen LogP contribution in [0.3, 0.4) is 0 Å². The second-order valence-corrected chi connectivity index (χ2v) is 4.21. The number of anilines is 1. The number of nitrogens with two attached hydrogens (primary N) is 1. The number of rotatable bonds is 3. The molecule has 2 aromatic heterocycles. The third kappa shape index (κ3) is 2.02. The third-order valence-electron chi connectivity index (χ3n) is 2.92. The van der Waals surface area contributed by atoms with Crippen LogP contribution in [0.1, 0.15) is 24.7 Å². The molecule has 0 aliphatic rings. The summed E-state index contributed by atoms with van der Waals surface area (Å²) in [6.07, 6.45) is 2.78. The van der Waals surface area contributed by atoms with Gasteiger partial charge in [-0.15, -0.1) is 0 Å². The average molecular weight is 230 g/mol. The van der Waals surface area contributed by atoms with Crippen LogP contribution in [0.5, 0.6) is 0 Å². The van der Waals surface area contributed by atoms with Crippen LogP contribution in [0.25, 0.3) is 11.1 Å². The number of aromatic nitrogens is 3. The molecular formula is C13H18N4. The van der Waals surface area contributed by atoms with Crippen LogP contribution in [-0.2, 0) is 6.54 Å². The van der Waals surface area contributed by atoms with E-state index in [0.717, 1.165) is 35.5 Å². The maximum atomic E-state index is 5.93. The van der Waals surface area contributed by atoms with Gasteiger partial charge in [0.15, 0.2) is 0 Å². The molecule has 0 fully saturated rings. The summed E-state index contributed by atoms with van der Waals surface area (Å²) in [5.41, 5.74) is 10.2. The normalized spacial score (nSPS) is 10.8. The van der Waals surface area contributed by atoms with E-state index in [1.165, 1.54) is 0 Å². The fourth-order valence-electron chi connectivity index (χ4n) is 2.15. The van der Waals surface area contributed by atoms with Crippen molar-refractivity contribution in [3.63, 3.8) is 0 Å². The van der Waals surface area contributed by atoms with Crippen LogP contribution in [0.2, 0.25) is 0 Å². The molecule has 2 heterocycles. The van der Waals surface area contributed by atoms with Crippen LogP contribution in [0.15, 0.2) is 18.3 Å². The van der Waals surface area contributed by atoms with Crippen molar-refractivity contribution in [2.75, 3.05) is 5.73 Å². The van der Waals surface area contributed by atoms with Crippen molar-refractivity contribution in [3.05, 3.63) is 29.7 Å². The highest BCUT2D eigenvalue weighted by Gasteiger charge is 2.15. The van der Waals surface area contributed by atoms with E-state index in [-0.39, 0.29) is 0 Å². The lowest BCUT2D eigenvalue weighted by atomic mass is 10.0. The molecule has 0 saturated carbocycles. The van der Waals surface area contributed by atoms with Gasteiger partial charge < -0.3 is 5.73 Å². The highest BCUT2D eigenvalue weighted by Crippen LogP contribution is 2.30. The van der Waals surface area contributed by atoms with Gasteiger partial charge in [0.2, 0.25) is 0 Å². The largest absolute Gasteiger partial charge is 0.383 e. The van der Waals surface area contributed by atoms with Gasteiger partial charge in [0.25, 0.3) is 0 Å². The Balaban J connectivity index is 2.56. The number of pyridine rings is 1. The monoisotopic (exact) mass is 230 g/mol. The topological polar surface area (TPSA) is 56.7 Å². The zero-order chi connectivity index (χ0) is 12.4. The Bertz CT molecular complexity index is 528. The molecule has 0 spiro atoms. The van der Waals surface area contributed by atoms with Gasteiger partial charge >= 0.3 is 0 Å². The predicted octanol–water partition coefficient (Wildman–Crippen LogP) is 2.55. The van der Waals surface area contributed by atoms with E-state index in [2.05, 4.69) is 23.9 Å². The van der Waals surface area contributed by atoms with E-state index in [9.17, 15) is 0 Å². The van der Waals surface area contributed by atoms with Crippen molar-refractivity contribution in [3.8, 4) is 11.1 Å². The van der Waals surface area contributed by atoms with Gasteiger partial charge in [-0.25, -0.2) is 4.98 Å². The Morgan fingerprint density at radius 3 is 2.76 bits per heavy atom. The molecule has 0 aromatic carbocycles. The van der Waals surface area contributed by atoms with Crippen molar-refractivity contribution in [2.45, 2.75) is 33.7 Å². The molecule has 90 valence electrons. The molecule has 0 aliphatic heterocycles. The molecule has 0 aliphatic carbocycles. The average Bonchev–Trinajstić information content (AvgIpc) is 2.57. The van der Waals surface area contributed by atoms with Crippen LogP contribution in [0.4, 0.5) is 5.82 Å². The first kappa shape index (κ1) is 11.6. The van der Waals surface area contributed by atoms with Crippen molar-refractivity contribution in [1.82, 2.24) is 14.8 Å². The van der Waals surface area contributed by atoms with Crippen LogP contribution < -0.4 is 5.73 Å². The van der Waals surface area contributed by atoms with E-state index in [0.29, 0.717) is 5.82 Å². The van der Waals surface area contributed by atoms with Crippen LogP contribution in [0, 0.1) is 13.8 Å². The van der Waals surface area contributed by atoms with Crippen molar-refractivity contribution < 1.29 is 0 Å². The molecule has 4 nitrogen and oxygen atoms in total. The molecule has 4 heteroatoms. The molecule has 0 bridgehead atoms. The van der Waals surface area contributed by atoms with Crippen molar-refractivity contribution >= 4 is 5.82 Å². The zero-order valence-electron chi connectivity index (χ0n) is 10.6. The first-order chi connectivity index (χ1) is 8.15. The fraction of sp³-hybridized carbons (Fsp3) is 0.385. The number of hydrogen-bond acceptors (Lipinski definition) is 3. The number of nitrogen functional groups attached to an aromatic ring is 1. The van der Waals surface area contributed by atoms with E-state index in [4.69, 9.17) is 5.73 Å². The maximum absolute atomic E-state index is 5.93. The lowest BCUT2D eigenvalue weighted by Crippen LogP contribution is -2.01. The highest BCUT2D eigenvalue weighted by molar-refractivity contribution is 5.76. The standard InChI is InChI=1S/C13H18N4/c1-4-8-17-10(3)12(9(2)16-17)11-6-5-7-15-13(11)14/h5-7H,4,8H2,1-3H3,(H2,14,15). The minimum Gasteiger partial charge on any atom is -0.383 e. The second-order valence-electron chi connectivity index (χ2n) is 4.21. The second kappa shape index (κ2) is 4.57. The summed E-state index contributed by atoms with van der Waals surface area (Å²) in [5, 5.41) is 4.55. The SMILES string of the molecule is CCCn1nc(C)c(-c2cccnc2N)c1C. The zero-order valence-corrected chi connectivity index (χ0v) is 10.6. The maximum Gasteiger partial charge on any atom is 0.131 e. The summed E-state index contributed by atoms with van der Waals surface area (Å²) < 4.78 is 2.04. The minimum absolute atomic E-state index is 0.565. The first-order valence-corrected chi connectivity index (χ1v) is 5.90. The summed E-state index contributed by atoms with van der Waals surface area (Å²) in [7, 11) is 0. The first-order valence-electron chi connectivity index (χ1n) is 5.90. The summed E-state index contributed by atoms with van der Waals surface area (Å²) in [6, 6.07) is 3.90. The molecule has 0 saturated heterocycles. The molecular weight excluding hydrogens is 212 g/mol. The minimum atomic E-state index is 0.565. The van der Waals surface area contributed by atoms with Gasteiger partial charge in [-0.3, -0.25) is 4.68 Å². The van der Waals surface area contributed by atoms with E-state index in [1.807, 2.05) is 23.7 Å². The van der Waals surface area contributed by atoms with Crippen LogP contribution >= 0.6 is 0 Å². The molecule has 2 rings (SSSR count). The van der Waals surface area contributed by atoms with Gasteiger partial charge in [-0.2, -0.15) is 5.10 Å². The molecule has 2 aromatic rings. The van der Waals surface area contributed by atoms with Crippen molar-refractivity contribution in [2.24, 2.45) is 0 Å². The lowest BCUT2D eigenvalue weighted by Gasteiger charge is -2.06. The Kier molecular flexibility index (Phi) is 3.13. The molecule has 0 unspecified atom stereocenters.